The highest BCUT2D eigenvalue weighted by atomic mass is 16.2. The van der Waals surface area contributed by atoms with Crippen molar-refractivity contribution < 1.29 is 9.59 Å². The first-order chi connectivity index (χ1) is 9.30. The SMILES string of the molecule is CC(=O)CCc1cccc2c1N(C(=O)C(C)(C)C)CC2. The highest BCUT2D eigenvalue weighted by Gasteiger charge is 2.33. The number of rotatable bonds is 3. The number of hydrogen-bond donors (Lipinski definition) is 0. The summed E-state index contributed by atoms with van der Waals surface area (Å²) in [5.41, 5.74) is 3.01. The Balaban J connectivity index is 2.34. The smallest absolute Gasteiger partial charge is 0.232 e. The van der Waals surface area contributed by atoms with Crippen molar-refractivity contribution in [3.05, 3.63) is 29.3 Å². The summed E-state index contributed by atoms with van der Waals surface area (Å²) < 4.78 is 0. The average Bonchev–Trinajstić information content (AvgIpc) is 2.78. The third-order valence-corrected chi connectivity index (χ3v) is 3.71. The molecule has 3 heteroatoms. The molecule has 0 fully saturated rings. The highest BCUT2D eigenvalue weighted by Crippen LogP contribution is 2.35. The van der Waals surface area contributed by atoms with E-state index in [1.165, 1.54) is 5.56 Å². The van der Waals surface area contributed by atoms with Crippen molar-refractivity contribution in [2.75, 3.05) is 11.4 Å². The number of amides is 1. The van der Waals surface area contributed by atoms with Gasteiger partial charge in [0.15, 0.2) is 0 Å². The summed E-state index contributed by atoms with van der Waals surface area (Å²) in [7, 11) is 0. The number of ketones is 1. The number of aryl methyl sites for hydroxylation is 1. The molecule has 3 nitrogen and oxygen atoms in total. The third kappa shape index (κ3) is 2.92. The van der Waals surface area contributed by atoms with Crippen molar-refractivity contribution in [2.45, 2.75) is 47.0 Å². The van der Waals surface area contributed by atoms with Crippen molar-refractivity contribution in [3.63, 3.8) is 0 Å². The number of hydrogen-bond acceptors (Lipinski definition) is 2. The maximum Gasteiger partial charge on any atom is 0.232 e. The number of fused-ring (bicyclic) bond motifs is 1. The summed E-state index contributed by atoms with van der Waals surface area (Å²) in [5.74, 6) is 0.348. The van der Waals surface area contributed by atoms with E-state index < -0.39 is 0 Å². The van der Waals surface area contributed by atoms with Crippen LogP contribution in [-0.4, -0.2) is 18.2 Å². The second-order valence-corrected chi connectivity index (χ2v) is 6.58. The zero-order chi connectivity index (χ0) is 14.9. The van der Waals surface area contributed by atoms with Gasteiger partial charge in [0.05, 0.1) is 5.69 Å². The lowest BCUT2D eigenvalue weighted by atomic mass is 9.94. The fourth-order valence-electron chi connectivity index (χ4n) is 2.66. The second-order valence-electron chi connectivity index (χ2n) is 6.58. The highest BCUT2D eigenvalue weighted by molar-refractivity contribution is 5.99. The van der Waals surface area contributed by atoms with Gasteiger partial charge in [0.25, 0.3) is 0 Å². The largest absolute Gasteiger partial charge is 0.311 e. The van der Waals surface area contributed by atoms with E-state index in [9.17, 15) is 9.59 Å². The minimum Gasteiger partial charge on any atom is -0.311 e. The molecule has 0 unspecified atom stereocenters. The molecule has 1 aliphatic rings. The van der Waals surface area contributed by atoms with E-state index in [2.05, 4.69) is 6.07 Å². The Hall–Kier alpha value is -1.64. The summed E-state index contributed by atoms with van der Waals surface area (Å²) in [6.45, 7) is 8.21. The molecule has 0 saturated heterocycles. The molecule has 0 atom stereocenters. The molecular weight excluding hydrogens is 250 g/mol. The molecule has 0 radical (unpaired) electrons. The van der Waals surface area contributed by atoms with E-state index >= 15 is 0 Å². The quantitative estimate of drug-likeness (QED) is 0.848. The van der Waals surface area contributed by atoms with Crippen LogP contribution in [0.25, 0.3) is 0 Å². The van der Waals surface area contributed by atoms with Crippen LogP contribution in [-0.2, 0) is 22.4 Å². The topological polar surface area (TPSA) is 37.4 Å². The predicted octanol–water partition coefficient (Wildman–Crippen LogP) is 3.14. The Labute approximate surface area is 121 Å². The van der Waals surface area contributed by atoms with Crippen molar-refractivity contribution in [1.82, 2.24) is 0 Å². The molecule has 1 heterocycles. The van der Waals surface area contributed by atoms with Crippen LogP contribution in [0.5, 0.6) is 0 Å². The maximum absolute atomic E-state index is 12.6. The normalized spacial score (nSPS) is 14.3. The molecule has 20 heavy (non-hydrogen) atoms. The van der Waals surface area contributed by atoms with Crippen molar-refractivity contribution in [1.29, 1.82) is 0 Å². The summed E-state index contributed by atoms with van der Waals surface area (Å²) in [6, 6.07) is 6.15. The van der Waals surface area contributed by atoms with Gasteiger partial charge in [-0.3, -0.25) is 4.79 Å². The van der Waals surface area contributed by atoms with Crippen LogP contribution >= 0.6 is 0 Å². The third-order valence-electron chi connectivity index (χ3n) is 3.71. The number of nitrogens with zero attached hydrogens (tertiary/aromatic N) is 1. The Morgan fingerprint density at radius 2 is 1.95 bits per heavy atom. The molecule has 0 bridgehead atoms. The van der Waals surface area contributed by atoms with E-state index in [4.69, 9.17) is 0 Å². The van der Waals surface area contributed by atoms with Crippen LogP contribution in [0.2, 0.25) is 0 Å². The fourth-order valence-corrected chi connectivity index (χ4v) is 2.66. The first-order valence-electron chi connectivity index (χ1n) is 7.23. The molecule has 2 rings (SSSR count). The van der Waals surface area contributed by atoms with E-state index in [-0.39, 0.29) is 17.1 Å². The predicted molar refractivity (Wildman–Crippen MR) is 81.0 cm³/mol. The standard InChI is InChI=1S/C17H23NO2/c1-12(19)8-9-13-6-5-7-14-10-11-18(15(13)14)16(20)17(2,3)4/h5-7H,8-11H2,1-4H3. The van der Waals surface area contributed by atoms with Gasteiger partial charge in [-0.2, -0.15) is 0 Å². The minimum atomic E-state index is -0.380. The van der Waals surface area contributed by atoms with Crippen molar-refractivity contribution in [3.8, 4) is 0 Å². The van der Waals surface area contributed by atoms with Gasteiger partial charge in [0.1, 0.15) is 5.78 Å². The summed E-state index contributed by atoms with van der Waals surface area (Å²) >= 11 is 0. The Morgan fingerprint density at radius 3 is 2.55 bits per heavy atom. The van der Waals surface area contributed by atoms with Crippen LogP contribution in [0.3, 0.4) is 0 Å². The van der Waals surface area contributed by atoms with Gasteiger partial charge in [0.2, 0.25) is 5.91 Å². The molecule has 1 aromatic rings. The van der Waals surface area contributed by atoms with E-state index in [0.717, 1.165) is 24.2 Å². The lowest BCUT2D eigenvalue weighted by Gasteiger charge is -2.27. The van der Waals surface area contributed by atoms with Crippen LogP contribution in [0.4, 0.5) is 5.69 Å². The molecule has 0 saturated carbocycles. The first kappa shape index (κ1) is 14.8. The number of Topliss-reactive ketones (excluding diaryl/α,β-unsaturated/α-hetero) is 1. The zero-order valence-corrected chi connectivity index (χ0v) is 12.8. The molecule has 0 spiro atoms. The van der Waals surface area contributed by atoms with Crippen LogP contribution in [0, 0.1) is 5.41 Å². The molecule has 0 N–H and O–H groups in total. The minimum absolute atomic E-state index is 0.159. The molecule has 0 aromatic heterocycles. The van der Waals surface area contributed by atoms with Gasteiger partial charge >= 0.3 is 0 Å². The second kappa shape index (κ2) is 5.39. The number of carbonyl (C=O) groups excluding carboxylic acids is 2. The lowest BCUT2D eigenvalue weighted by molar-refractivity contribution is -0.125. The van der Waals surface area contributed by atoms with Crippen molar-refractivity contribution in [2.24, 2.45) is 5.41 Å². The molecule has 1 aromatic carbocycles. The van der Waals surface area contributed by atoms with E-state index in [1.54, 1.807) is 6.92 Å². The average molecular weight is 273 g/mol. The van der Waals surface area contributed by atoms with Gasteiger partial charge in [-0.1, -0.05) is 39.0 Å². The lowest BCUT2D eigenvalue weighted by Crippen LogP contribution is -2.38. The summed E-state index contributed by atoms with van der Waals surface area (Å²) in [5, 5.41) is 0. The molecule has 1 aliphatic heterocycles. The number of para-hydroxylation sites is 1. The summed E-state index contributed by atoms with van der Waals surface area (Å²) in [4.78, 5) is 25.7. The van der Waals surface area contributed by atoms with Gasteiger partial charge in [-0.15, -0.1) is 0 Å². The van der Waals surface area contributed by atoms with Gasteiger partial charge in [0, 0.05) is 18.4 Å². The summed E-state index contributed by atoms with van der Waals surface area (Å²) in [6.07, 6.45) is 2.16. The number of benzene rings is 1. The number of anilines is 1. The monoisotopic (exact) mass is 273 g/mol. The Morgan fingerprint density at radius 1 is 1.25 bits per heavy atom. The van der Waals surface area contributed by atoms with Gasteiger partial charge in [-0.05, 0) is 30.9 Å². The molecular formula is C17H23NO2. The van der Waals surface area contributed by atoms with E-state index in [0.29, 0.717) is 12.8 Å². The zero-order valence-electron chi connectivity index (χ0n) is 12.8. The fraction of sp³-hybridized carbons (Fsp3) is 0.529. The van der Waals surface area contributed by atoms with Gasteiger partial charge < -0.3 is 9.69 Å². The number of carbonyl (C=O) groups is 2. The molecule has 108 valence electrons. The van der Waals surface area contributed by atoms with E-state index in [1.807, 2.05) is 37.8 Å². The first-order valence-corrected chi connectivity index (χ1v) is 7.23. The van der Waals surface area contributed by atoms with Crippen molar-refractivity contribution >= 4 is 17.4 Å². The molecule has 1 amide bonds. The van der Waals surface area contributed by atoms with Crippen LogP contribution < -0.4 is 4.90 Å². The Kier molecular flexibility index (Phi) is 3.98. The van der Waals surface area contributed by atoms with Crippen LogP contribution in [0.15, 0.2) is 18.2 Å². The molecule has 0 aliphatic carbocycles. The maximum atomic E-state index is 12.6. The van der Waals surface area contributed by atoms with Gasteiger partial charge in [-0.25, -0.2) is 0 Å². The van der Waals surface area contributed by atoms with Crippen LogP contribution in [0.1, 0.15) is 45.2 Å². The Bertz CT molecular complexity index is 540.